The highest BCUT2D eigenvalue weighted by Gasteiger charge is 2.33. The summed E-state index contributed by atoms with van der Waals surface area (Å²) in [4.78, 5) is 27.2. The Bertz CT molecular complexity index is 1080. The molecule has 3 aromatic carbocycles. The van der Waals surface area contributed by atoms with Crippen molar-refractivity contribution in [3.8, 4) is 0 Å². The highest BCUT2D eigenvalue weighted by atomic mass is 19.1. The van der Waals surface area contributed by atoms with E-state index in [4.69, 9.17) is 0 Å². The number of halogens is 2. The molecule has 0 bridgehead atoms. The number of aryl methyl sites for hydroxylation is 1. The van der Waals surface area contributed by atoms with Crippen LogP contribution in [0, 0.1) is 11.6 Å². The molecule has 0 radical (unpaired) electrons. The van der Waals surface area contributed by atoms with Gasteiger partial charge in [0.05, 0.1) is 6.04 Å². The summed E-state index contributed by atoms with van der Waals surface area (Å²) in [6.45, 7) is -0.164. The van der Waals surface area contributed by atoms with Crippen molar-refractivity contribution in [2.24, 2.45) is 0 Å². The Morgan fingerprint density at radius 3 is 2.42 bits per heavy atom. The Morgan fingerprint density at radius 1 is 0.968 bits per heavy atom. The minimum Gasteiger partial charge on any atom is -0.324 e. The minimum atomic E-state index is -0.700. The maximum absolute atomic E-state index is 14.1. The smallest absolute Gasteiger partial charge is 0.244 e. The summed E-state index contributed by atoms with van der Waals surface area (Å²) in [5, 5.41) is 2.75. The van der Waals surface area contributed by atoms with Crippen LogP contribution in [-0.4, -0.2) is 23.3 Å². The molecule has 1 heterocycles. The molecular weight excluding hydrogens is 398 g/mol. The number of nitrogens with zero attached hydrogens (tertiary/aromatic N) is 1. The largest absolute Gasteiger partial charge is 0.324 e. The zero-order chi connectivity index (χ0) is 21.8. The van der Waals surface area contributed by atoms with Crippen LogP contribution in [0.4, 0.5) is 14.5 Å². The summed E-state index contributed by atoms with van der Waals surface area (Å²) < 4.78 is 27.7. The van der Waals surface area contributed by atoms with E-state index in [2.05, 4.69) is 5.32 Å². The number of anilines is 1. The van der Waals surface area contributed by atoms with Gasteiger partial charge in [-0.3, -0.25) is 9.59 Å². The third kappa shape index (κ3) is 4.79. The highest BCUT2D eigenvalue weighted by molar-refractivity contribution is 5.97. The van der Waals surface area contributed by atoms with Crippen molar-refractivity contribution in [1.29, 1.82) is 0 Å². The van der Waals surface area contributed by atoms with Crippen molar-refractivity contribution < 1.29 is 18.4 Å². The Kier molecular flexibility index (Phi) is 6.07. The van der Waals surface area contributed by atoms with E-state index in [9.17, 15) is 18.4 Å². The van der Waals surface area contributed by atoms with Crippen molar-refractivity contribution in [3.05, 3.63) is 101 Å². The summed E-state index contributed by atoms with van der Waals surface area (Å²) in [6.07, 6.45) is 1.59. The van der Waals surface area contributed by atoms with E-state index < -0.39 is 17.7 Å². The molecular formula is C25H22F2N2O2. The number of fused-ring (bicyclic) bond motifs is 1. The van der Waals surface area contributed by atoms with Crippen LogP contribution in [0.1, 0.15) is 35.6 Å². The number of nitrogens with one attached hydrogen (secondary N) is 1. The Hall–Kier alpha value is -3.54. The fourth-order valence-electron chi connectivity index (χ4n) is 3.95. The predicted octanol–water partition coefficient (Wildman–Crippen LogP) is 4.86. The van der Waals surface area contributed by atoms with Crippen LogP contribution in [0.3, 0.4) is 0 Å². The molecule has 1 aliphatic heterocycles. The van der Waals surface area contributed by atoms with Crippen molar-refractivity contribution in [2.75, 3.05) is 11.9 Å². The van der Waals surface area contributed by atoms with Crippen molar-refractivity contribution >= 4 is 17.5 Å². The first-order chi connectivity index (χ1) is 15.0. The molecule has 0 unspecified atom stereocenters. The molecule has 31 heavy (non-hydrogen) atoms. The van der Waals surface area contributed by atoms with Crippen LogP contribution in [0.15, 0.2) is 72.8 Å². The van der Waals surface area contributed by atoms with Gasteiger partial charge in [0.2, 0.25) is 11.8 Å². The van der Waals surface area contributed by atoms with Gasteiger partial charge in [-0.25, -0.2) is 8.78 Å². The van der Waals surface area contributed by atoms with Gasteiger partial charge in [0.15, 0.2) is 0 Å². The Morgan fingerprint density at radius 2 is 1.68 bits per heavy atom. The van der Waals surface area contributed by atoms with E-state index >= 15 is 0 Å². The number of rotatable bonds is 5. The lowest BCUT2D eigenvalue weighted by atomic mass is 9.95. The van der Waals surface area contributed by atoms with Gasteiger partial charge < -0.3 is 10.2 Å². The maximum Gasteiger partial charge on any atom is 0.244 e. The van der Waals surface area contributed by atoms with E-state index in [1.165, 1.54) is 35.2 Å². The predicted molar refractivity (Wildman–Crippen MR) is 114 cm³/mol. The molecule has 0 aromatic heterocycles. The second kappa shape index (κ2) is 9.08. The number of carbonyl (C=O) groups excluding carboxylic acids is 2. The van der Waals surface area contributed by atoms with Gasteiger partial charge in [0, 0.05) is 17.7 Å². The number of hydrogen-bond acceptors (Lipinski definition) is 2. The van der Waals surface area contributed by atoms with Gasteiger partial charge in [-0.1, -0.05) is 42.5 Å². The molecule has 4 nitrogen and oxygen atoms in total. The summed E-state index contributed by atoms with van der Waals surface area (Å²) in [7, 11) is 0. The molecule has 1 atom stereocenters. The maximum atomic E-state index is 14.1. The van der Waals surface area contributed by atoms with E-state index in [1.807, 2.05) is 30.3 Å². The average Bonchev–Trinajstić information content (AvgIpc) is 2.91. The molecule has 3 aromatic rings. The first-order valence-corrected chi connectivity index (χ1v) is 10.2. The van der Waals surface area contributed by atoms with Crippen LogP contribution < -0.4 is 5.32 Å². The van der Waals surface area contributed by atoms with Crippen molar-refractivity contribution in [3.63, 3.8) is 0 Å². The Balaban J connectivity index is 1.65. The molecule has 4 rings (SSSR count). The Labute approximate surface area is 179 Å². The van der Waals surface area contributed by atoms with E-state index in [-0.39, 0.29) is 24.8 Å². The zero-order valence-electron chi connectivity index (χ0n) is 16.9. The lowest BCUT2D eigenvalue weighted by molar-refractivity contribution is -0.136. The van der Waals surface area contributed by atoms with E-state index in [0.717, 1.165) is 12.0 Å². The number of hydrogen-bond donors (Lipinski definition) is 1. The van der Waals surface area contributed by atoms with Crippen LogP contribution in [-0.2, 0) is 16.0 Å². The number of benzene rings is 3. The SMILES string of the molecule is O=C1CN(C(=O)CCCc2ccccc2)[C@H](c2ccc(F)cc2)c2cc(F)ccc2N1. The summed E-state index contributed by atoms with van der Waals surface area (Å²) in [5.74, 6) is -1.45. The van der Waals surface area contributed by atoms with E-state index in [0.29, 0.717) is 23.2 Å². The molecule has 0 spiro atoms. The lowest BCUT2D eigenvalue weighted by Gasteiger charge is -2.30. The molecule has 0 aliphatic carbocycles. The van der Waals surface area contributed by atoms with Gasteiger partial charge in [-0.2, -0.15) is 0 Å². The second-order valence-electron chi connectivity index (χ2n) is 7.59. The summed E-state index contributed by atoms with van der Waals surface area (Å²) in [5.41, 5.74) is 2.65. The van der Waals surface area contributed by atoms with Crippen molar-refractivity contribution in [1.82, 2.24) is 4.90 Å². The van der Waals surface area contributed by atoms with Crippen LogP contribution in [0.2, 0.25) is 0 Å². The first kappa shape index (κ1) is 20.7. The van der Waals surface area contributed by atoms with Gasteiger partial charge >= 0.3 is 0 Å². The topological polar surface area (TPSA) is 49.4 Å². The molecule has 1 N–H and O–H groups in total. The normalized spacial score (nSPS) is 15.7. The summed E-state index contributed by atoms with van der Waals surface area (Å²) in [6, 6.07) is 18.9. The standard InChI is InChI=1S/C25H22F2N2O2/c26-19-11-9-18(10-12-19)25-21-15-20(27)13-14-22(21)28-23(30)16-29(25)24(31)8-4-7-17-5-2-1-3-6-17/h1-3,5-6,9-15,25H,4,7-8,16H2,(H,28,30)/t25-/m1/s1. The molecule has 1 aliphatic rings. The van der Waals surface area contributed by atoms with Crippen LogP contribution in [0.25, 0.3) is 0 Å². The second-order valence-corrected chi connectivity index (χ2v) is 7.59. The lowest BCUT2D eigenvalue weighted by Crippen LogP contribution is -2.38. The molecule has 158 valence electrons. The third-order valence-electron chi connectivity index (χ3n) is 5.41. The number of amides is 2. The average molecular weight is 420 g/mol. The molecule has 2 amide bonds. The fraction of sp³-hybridized carbons (Fsp3) is 0.200. The minimum absolute atomic E-state index is 0.164. The molecule has 0 fully saturated rings. The van der Waals surface area contributed by atoms with E-state index in [1.54, 1.807) is 12.1 Å². The first-order valence-electron chi connectivity index (χ1n) is 10.2. The van der Waals surface area contributed by atoms with Gasteiger partial charge in [0.1, 0.15) is 18.2 Å². The molecule has 0 saturated carbocycles. The van der Waals surface area contributed by atoms with Gasteiger partial charge in [-0.15, -0.1) is 0 Å². The third-order valence-corrected chi connectivity index (χ3v) is 5.41. The van der Waals surface area contributed by atoms with Crippen LogP contribution >= 0.6 is 0 Å². The quantitative estimate of drug-likeness (QED) is 0.641. The number of carbonyl (C=O) groups is 2. The highest BCUT2D eigenvalue weighted by Crippen LogP contribution is 2.36. The fourth-order valence-corrected chi connectivity index (χ4v) is 3.95. The van der Waals surface area contributed by atoms with Crippen LogP contribution in [0.5, 0.6) is 0 Å². The van der Waals surface area contributed by atoms with Crippen molar-refractivity contribution in [2.45, 2.75) is 25.3 Å². The summed E-state index contributed by atoms with van der Waals surface area (Å²) >= 11 is 0. The molecule has 0 saturated heterocycles. The monoisotopic (exact) mass is 420 g/mol. The van der Waals surface area contributed by atoms with Gasteiger partial charge in [-0.05, 0) is 54.3 Å². The van der Waals surface area contributed by atoms with Gasteiger partial charge in [0.25, 0.3) is 0 Å². The zero-order valence-corrected chi connectivity index (χ0v) is 16.9. The molecule has 6 heteroatoms.